The van der Waals surface area contributed by atoms with Crippen LogP contribution in [0.2, 0.25) is 0 Å². The molecule has 0 radical (unpaired) electrons. The molecule has 2 rings (SSSR count). The van der Waals surface area contributed by atoms with Crippen LogP contribution in [0.4, 0.5) is 0 Å². The second-order valence-electron chi connectivity index (χ2n) is 6.87. The fraction of sp³-hybridized carbons (Fsp3) is 0.389. The van der Waals surface area contributed by atoms with Gasteiger partial charge < -0.3 is 9.84 Å². The van der Waals surface area contributed by atoms with Crippen molar-refractivity contribution in [1.82, 2.24) is 15.5 Å². The molecule has 0 aliphatic heterocycles. The van der Waals surface area contributed by atoms with E-state index in [0.717, 1.165) is 0 Å². The van der Waals surface area contributed by atoms with Crippen LogP contribution in [0.25, 0.3) is 11.4 Å². The van der Waals surface area contributed by atoms with Gasteiger partial charge in [0, 0.05) is 24.6 Å². The Balaban J connectivity index is 2.29. The molecule has 0 fully saturated rings. The Hall–Kier alpha value is -3.01. The number of benzene rings is 1. The first kappa shape index (κ1) is 18.3. The Morgan fingerprint density at radius 3 is 2.68 bits per heavy atom. The zero-order valence-corrected chi connectivity index (χ0v) is 14.7. The lowest BCUT2D eigenvalue weighted by atomic mass is 9.92. The number of nitrogens with zero attached hydrogens (tertiary/aromatic N) is 3. The quantitative estimate of drug-likeness (QED) is 0.661. The van der Waals surface area contributed by atoms with Crippen LogP contribution in [0, 0.1) is 22.7 Å². The highest BCUT2D eigenvalue weighted by atomic mass is 16.5. The number of amides is 1. The Kier molecular flexibility index (Phi) is 5.32. The molecule has 1 aromatic heterocycles. The van der Waals surface area contributed by atoms with Crippen molar-refractivity contribution in [1.29, 1.82) is 5.26 Å². The smallest absolute Gasteiger partial charge is 0.245 e. The first-order valence-corrected chi connectivity index (χ1v) is 7.83. The van der Waals surface area contributed by atoms with E-state index >= 15 is 0 Å². The van der Waals surface area contributed by atoms with Crippen LogP contribution >= 0.6 is 0 Å². The van der Waals surface area contributed by atoms with Gasteiger partial charge in [-0.05, 0) is 11.5 Å². The fourth-order valence-corrected chi connectivity index (χ4v) is 2.26. The van der Waals surface area contributed by atoms with Gasteiger partial charge in [-0.1, -0.05) is 44.1 Å². The van der Waals surface area contributed by atoms with Crippen LogP contribution in [0.15, 0.2) is 28.8 Å². The number of Topliss-reactive ketones (excluding diaryl/α,β-unsaturated/α-hetero) is 1. The minimum Gasteiger partial charge on any atom is -0.358 e. The third kappa shape index (κ3) is 4.51. The number of aromatic nitrogens is 2. The number of rotatable bonds is 5. The van der Waals surface area contributed by atoms with Gasteiger partial charge in [0.15, 0.2) is 11.7 Å². The Morgan fingerprint density at radius 1 is 1.36 bits per heavy atom. The van der Waals surface area contributed by atoms with Crippen LogP contribution < -0.4 is 5.32 Å². The van der Waals surface area contributed by atoms with Gasteiger partial charge in [-0.15, -0.1) is 0 Å². The molecule has 0 bridgehead atoms. The van der Waals surface area contributed by atoms with Crippen molar-refractivity contribution in [3.63, 3.8) is 0 Å². The summed E-state index contributed by atoms with van der Waals surface area (Å²) >= 11 is 0. The number of hydrogen-bond donors (Lipinski definition) is 1. The van der Waals surface area contributed by atoms with Gasteiger partial charge in [-0.2, -0.15) is 10.2 Å². The highest BCUT2D eigenvalue weighted by Crippen LogP contribution is 2.23. The Bertz CT molecular complexity index is 827. The van der Waals surface area contributed by atoms with E-state index in [0.29, 0.717) is 23.7 Å². The predicted octanol–water partition coefficient (Wildman–Crippen LogP) is 2.39. The molecule has 0 unspecified atom stereocenters. The van der Waals surface area contributed by atoms with Crippen molar-refractivity contribution in [2.75, 3.05) is 7.05 Å². The maximum absolute atomic E-state index is 12.4. The average Bonchev–Trinajstić information content (AvgIpc) is 3.01. The number of nitriles is 1. The summed E-state index contributed by atoms with van der Waals surface area (Å²) < 4.78 is 5.26. The van der Waals surface area contributed by atoms with Crippen LogP contribution in [0.5, 0.6) is 0 Å². The van der Waals surface area contributed by atoms with Gasteiger partial charge in [0.1, 0.15) is 0 Å². The highest BCUT2D eigenvalue weighted by Gasteiger charge is 2.27. The summed E-state index contributed by atoms with van der Waals surface area (Å²) in [5, 5.41) is 15.3. The first-order valence-electron chi connectivity index (χ1n) is 7.83. The zero-order chi connectivity index (χ0) is 18.6. The lowest BCUT2D eigenvalue weighted by molar-refractivity contribution is -0.121. The molecule has 7 nitrogen and oxygen atoms in total. The second-order valence-corrected chi connectivity index (χ2v) is 6.87. The van der Waals surface area contributed by atoms with Crippen molar-refractivity contribution in [3.8, 4) is 17.5 Å². The molecular formula is C18H20N4O3. The Labute approximate surface area is 146 Å². The molecule has 0 aliphatic carbocycles. The number of ketones is 1. The Morgan fingerprint density at radius 2 is 2.08 bits per heavy atom. The molecule has 0 aliphatic rings. The van der Waals surface area contributed by atoms with Crippen LogP contribution in [-0.4, -0.2) is 28.9 Å². The summed E-state index contributed by atoms with van der Waals surface area (Å²) in [7, 11) is 1.38. The highest BCUT2D eigenvalue weighted by molar-refractivity contribution is 6.12. The van der Waals surface area contributed by atoms with Gasteiger partial charge in [-0.3, -0.25) is 9.59 Å². The SMILES string of the molecule is CNC(=O)[C@H](C#N)C(=O)c1cccc(-c2noc(CC(C)(C)C)n2)c1. The summed E-state index contributed by atoms with van der Waals surface area (Å²) in [5.74, 6) is -1.71. The molecule has 1 amide bonds. The molecule has 1 aromatic carbocycles. The summed E-state index contributed by atoms with van der Waals surface area (Å²) in [5.41, 5.74) is 0.841. The summed E-state index contributed by atoms with van der Waals surface area (Å²) in [6.07, 6.45) is 0.631. The molecule has 0 spiro atoms. The molecular weight excluding hydrogens is 320 g/mol. The van der Waals surface area contributed by atoms with E-state index in [1.807, 2.05) is 0 Å². The average molecular weight is 340 g/mol. The van der Waals surface area contributed by atoms with E-state index in [1.54, 1.807) is 30.3 Å². The van der Waals surface area contributed by atoms with Crippen LogP contribution in [0.1, 0.15) is 37.0 Å². The molecule has 1 atom stereocenters. The van der Waals surface area contributed by atoms with Crippen LogP contribution in [-0.2, 0) is 11.2 Å². The number of carbonyl (C=O) groups is 2. The molecule has 2 aromatic rings. The van der Waals surface area contributed by atoms with Gasteiger partial charge >= 0.3 is 0 Å². The molecule has 0 saturated heterocycles. The van der Waals surface area contributed by atoms with E-state index in [-0.39, 0.29) is 11.0 Å². The molecule has 130 valence electrons. The van der Waals surface area contributed by atoms with Gasteiger partial charge in [-0.25, -0.2) is 0 Å². The minimum atomic E-state index is -1.39. The number of hydrogen-bond acceptors (Lipinski definition) is 6. The molecule has 0 saturated carbocycles. The largest absolute Gasteiger partial charge is 0.358 e. The lowest BCUT2D eigenvalue weighted by Gasteiger charge is -2.13. The summed E-state index contributed by atoms with van der Waals surface area (Å²) in [6, 6.07) is 8.23. The van der Waals surface area contributed by atoms with Crippen molar-refractivity contribution >= 4 is 11.7 Å². The fourth-order valence-electron chi connectivity index (χ4n) is 2.26. The number of nitrogens with one attached hydrogen (secondary N) is 1. The molecule has 25 heavy (non-hydrogen) atoms. The van der Waals surface area contributed by atoms with Gasteiger partial charge in [0.25, 0.3) is 0 Å². The zero-order valence-electron chi connectivity index (χ0n) is 14.7. The maximum Gasteiger partial charge on any atom is 0.245 e. The first-order chi connectivity index (χ1) is 11.7. The van der Waals surface area contributed by atoms with E-state index in [2.05, 4.69) is 36.2 Å². The normalized spacial score (nSPS) is 12.3. The monoisotopic (exact) mass is 340 g/mol. The van der Waals surface area contributed by atoms with Crippen LogP contribution in [0.3, 0.4) is 0 Å². The van der Waals surface area contributed by atoms with Gasteiger partial charge in [0.05, 0.1) is 6.07 Å². The lowest BCUT2D eigenvalue weighted by Crippen LogP contribution is -2.32. The third-order valence-corrected chi connectivity index (χ3v) is 3.45. The minimum absolute atomic E-state index is 0.00908. The van der Waals surface area contributed by atoms with Crippen molar-refractivity contribution < 1.29 is 14.1 Å². The third-order valence-electron chi connectivity index (χ3n) is 3.45. The maximum atomic E-state index is 12.4. The van der Waals surface area contributed by atoms with E-state index < -0.39 is 17.6 Å². The van der Waals surface area contributed by atoms with E-state index in [9.17, 15) is 9.59 Å². The topological polar surface area (TPSA) is 109 Å². The van der Waals surface area contributed by atoms with Crippen molar-refractivity contribution in [2.24, 2.45) is 11.3 Å². The van der Waals surface area contributed by atoms with Gasteiger partial charge in [0.2, 0.25) is 17.6 Å². The van der Waals surface area contributed by atoms with E-state index in [1.165, 1.54) is 7.05 Å². The summed E-state index contributed by atoms with van der Waals surface area (Å²) in [6.45, 7) is 6.20. The number of carbonyl (C=O) groups excluding carboxylic acids is 2. The summed E-state index contributed by atoms with van der Waals surface area (Å²) in [4.78, 5) is 28.4. The second kappa shape index (κ2) is 7.26. The van der Waals surface area contributed by atoms with E-state index in [4.69, 9.17) is 9.78 Å². The standard InChI is InChI=1S/C18H20N4O3/c1-18(2,3)9-14-21-16(22-25-14)12-7-5-6-11(8-12)15(23)13(10-19)17(24)20-4/h5-8,13H,9H2,1-4H3,(H,20,24)/t13-/m1/s1. The molecule has 1 heterocycles. The predicted molar refractivity (Wildman–Crippen MR) is 90.4 cm³/mol. The van der Waals surface area contributed by atoms with Crippen molar-refractivity contribution in [2.45, 2.75) is 27.2 Å². The molecule has 7 heteroatoms. The van der Waals surface area contributed by atoms with Crippen molar-refractivity contribution in [3.05, 3.63) is 35.7 Å². The molecule has 1 N–H and O–H groups in total.